The van der Waals surface area contributed by atoms with Crippen LogP contribution in [0.25, 0.3) is 21.5 Å². The van der Waals surface area contributed by atoms with Gasteiger partial charge in [0.25, 0.3) is 0 Å². The summed E-state index contributed by atoms with van der Waals surface area (Å²) >= 11 is 0. The molecule has 30 heavy (non-hydrogen) atoms. The molecule has 3 aromatic carbocycles. The van der Waals surface area contributed by atoms with E-state index in [1.165, 1.54) is 16.2 Å². The second-order valence-electron chi connectivity index (χ2n) is 9.08. The normalized spacial score (nSPS) is 20.1. The number of hydrogen-bond acceptors (Lipinski definition) is 3. The van der Waals surface area contributed by atoms with Crippen molar-refractivity contribution in [2.24, 2.45) is 11.8 Å². The minimum Gasteiger partial charge on any atom is -0.299 e. The molecule has 0 heterocycles. The summed E-state index contributed by atoms with van der Waals surface area (Å²) in [7, 11) is -3.01. The largest absolute Gasteiger partial charge is 0.299 e. The molecule has 0 aliphatic heterocycles. The minimum atomic E-state index is -3.01. The molecule has 0 bridgehead atoms. The molecule has 3 nitrogen and oxygen atoms in total. The van der Waals surface area contributed by atoms with Crippen molar-refractivity contribution in [3.05, 3.63) is 60.2 Å². The molecule has 4 rings (SSSR count). The third kappa shape index (κ3) is 4.44. The molecule has 1 fully saturated rings. The molecule has 0 amide bonds. The quantitative estimate of drug-likeness (QED) is 0.476. The van der Waals surface area contributed by atoms with E-state index in [9.17, 15) is 13.2 Å². The van der Waals surface area contributed by atoms with Gasteiger partial charge >= 0.3 is 0 Å². The summed E-state index contributed by atoms with van der Waals surface area (Å²) in [6, 6.07) is 18.9. The number of carbonyl (C=O) groups is 1. The number of fused-ring (bicyclic) bond motifs is 2. The molecule has 0 spiro atoms. The number of ketones is 1. The maximum absolute atomic E-state index is 13.1. The summed E-state index contributed by atoms with van der Waals surface area (Å²) in [4.78, 5) is 13.1. The molecule has 1 saturated carbocycles. The van der Waals surface area contributed by atoms with E-state index in [2.05, 4.69) is 36.4 Å². The van der Waals surface area contributed by atoms with E-state index in [-0.39, 0.29) is 22.8 Å². The van der Waals surface area contributed by atoms with Crippen molar-refractivity contribution in [2.75, 3.05) is 5.75 Å². The average molecular weight is 423 g/mol. The molecule has 0 saturated heterocycles. The molecule has 4 heteroatoms. The third-order valence-electron chi connectivity index (χ3n) is 6.69. The number of Topliss-reactive ketones (excluding diaryl/α,β-unsaturated/α-hetero) is 1. The fourth-order valence-electron chi connectivity index (χ4n) is 4.69. The lowest BCUT2D eigenvalue weighted by molar-refractivity contribution is -0.123. The van der Waals surface area contributed by atoms with Gasteiger partial charge in [-0.15, -0.1) is 0 Å². The summed E-state index contributed by atoms with van der Waals surface area (Å²) < 4.78 is 24.4. The SMILES string of the molecule is CC(C)S(=O)(=O)CC1CCC(C(=O)Cc2cccc3cc4ccccc4cc23)CC1. The second-order valence-corrected chi connectivity index (χ2v) is 11.7. The van der Waals surface area contributed by atoms with Gasteiger partial charge in [0.2, 0.25) is 0 Å². The Hall–Kier alpha value is -2.20. The second kappa shape index (κ2) is 8.50. The van der Waals surface area contributed by atoms with E-state index < -0.39 is 9.84 Å². The summed E-state index contributed by atoms with van der Waals surface area (Å²) in [5.74, 6) is 0.812. The highest BCUT2D eigenvalue weighted by Gasteiger charge is 2.30. The maximum atomic E-state index is 13.1. The van der Waals surface area contributed by atoms with Crippen molar-refractivity contribution in [2.45, 2.75) is 51.2 Å². The van der Waals surface area contributed by atoms with Gasteiger partial charge in [-0.05, 0) is 84.7 Å². The lowest BCUT2D eigenvalue weighted by Gasteiger charge is -2.28. The zero-order valence-corrected chi connectivity index (χ0v) is 18.6. The van der Waals surface area contributed by atoms with Gasteiger partial charge in [0.15, 0.2) is 9.84 Å². The first-order valence-electron chi connectivity index (χ1n) is 11.0. The van der Waals surface area contributed by atoms with E-state index in [1.807, 2.05) is 18.2 Å². The van der Waals surface area contributed by atoms with Gasteiger partial charge in [-0.3, -0.25) is 4.79 Å². The van der Waals surface area contributed by atoms with Crippen molar-refractivity contribution in [1.82, 2.24) is 0 Å². The predicted molar refractivity (Wildman–Crippen MR) is 125 cm³/mol. The van der Waals surface area contributed by atoms with Gasteiger partial charge in [0, 0.05) is 12.3 Å². The number of hydrogen-bond donors (Lipinski definition) is 0. The Labute approximate surface area is 179 Å². The minimum absolute atomic E-state index is 0.0544. The number of sulfone groups is 1. The van der Waals surface area contributed by atoms with E-state index in [0.29, 0.717) is 12.2 Å². The molecule has 0 radical (unpaired) electrons. The number of carbonyl (C=O) groups excluding carboxylic acids is 1. The first kappa shape index (κ1) is 21.0. The van der Waals surface area contributed by atoms with Crippen molar-refractivity contribution >= 4 is 37.2 Å². The molecular formula is C26H30O3S. The number of benzene rings is 3. The van der Waals surface area contributed by atoms with Crippen LogP contribution in [0.15, 0.2) is 54.6 Å². The highest BCUT2D eigenvalue weighted by Crippen LogP contribution is 2.33. The van der Waals surface area contributed by atoms with Crippen LogP contribution in [0, 0.1) is 11.8 Å². The molecule has 158 valence electrons. The topological polar surface area (TPSA) is 51.2 Å². The fourth-order valence-corrected chi connectivity index (χ4v) is 6.07. The molecular weight excluding hydrogens is 392 g/mol. The maximum Gasteiger partial charge on any atom is 0.152 e. The smallest absolute Gasteiger partial charge is 0.152 e. The standard InChI is InChI=1S/C26H30O3S/c1-18(2)30(28,29)17-19-10-12-20(13-11-19)26(27)16-24-9-5-8-23-14-21-6-3-4-7-22(21)15-25(23)24/h3-9,14-15,18-20H,10-13,16-17H2,1-2H3. The van der Waals surface area contributed by atoms with Crippen LogP contribution in [0.5, 0.6) is 0 Å². The summed E-state index contributed by atoms with van der Waals surface area (Å²) in [5, 5.41) is 4.40. The van der Waals surface area contributed by atoms with Gasteiger partial charge in [-0.25, -0.2) is 8.42 Å². The molecule has 0 N–H and O–H groups in total. The average Bonchev–Trinajstić information content (AvgIpc) is 2.72. The Morgan fingerprint density at radius 2 is 1.53 bits per heavy atom. The fraction of sp³-hybridized carbons (Fsp3) is 0.423. The van der Waals surface area contributed by atoms with Crippen molar-refractivity contribution < 1.29 is 13.2 Å². The molecule has 0 unspecified atom stereocenters. The first-order valence-corrected chi connectivity index (χ1v) is 12.7. The van der Waals surface area contributed by atoms with Crippen LogP contribution in [-0.2, 0) is 21.1 Å². The monoisotopic (exact) mass is 422 g/mol. The van der Waals surface area contributed by atoms with Gasteiger partial charge < -0.3 is 0 Å². The van der Waals surface area contributed by atoms with Crippen LogP contribution in [0.4, 0.5) is 0 Å². The third-order valence-corrected chi connectivity index (χ3v) is 9.06. The van der Waals surface area contributed by atoms with Gasteiger partial charge in [-0.1, -0.05) is 42.5 Å². The zero-order valence-electron chi connectivity index (χ0n) is 17.8. The Balaban J connectivity index is 1.46. The van der Waals surface area contributed by atoms with Crippen LogP contribution < -0.4 is 0 Å². The van der Waals surface area contributed by atoms with Crippen LogP contribution in [0.2, 0.25) is 0 Å². The molecule has 0 atom stereocenters. The summed E-state index contributed by atoms with van der Waals surface area (Å²) in [6.45, 7) is 3.50. The molecule has 0 aromatic heterocycles. The van der Waals surface area contributed by atoms with Gasteiger partial charge in [-0.2, -0.15) is 0 Å². The summed E-state index contributed by atoms with van der Waals surface area (Å²) in [6.07, 6.45) is 3.75. The van der Waals surface area contributed by atoms with Crippen LogP contribution in [0.3, 0.4) is 0 Å². The van der Waals surface area contributed by atoms with Crippen LogP contribution in [-0.4, -0.2) is 25.2 Å². The van der Waals surface area contributed by atoms with Crippen molar-refractivity contribution in [3.63, 3.8) is 0 Å². The van der Waals surface area contributed by atoms with Crippen LogP contribution in [0.1, 0.15) is 45.1 Å². The molecule has 1 aliphatic rings. The Morgan fingerprint density at radius 3 is 2.20 bits per heavy atom. The first-order chi connectivity index (χ1) is 14.3. The highest BCUT2D eigenvalue weighted by molar-refractivity contribution is 7.91. The lowest BCUT2D eigenvalue weighted by atomic mass is 9.79. The van der Waals surface area contributed by atoms with Crippen molar-refractivity contribution in [3.8, 4) is 0 Å². The number of rotatable bonds is 6. The lowest BCUT2D eigenvalue weighted by Crippen LogP contribution is -2.29. The molecule has 1 aliphatic carbocycles. The Morgan fingerprint density at radius 1 is 0.900 bits per heavy atom. The predicted octanol–water partition coefficient (Wildman–Crippen LogP) is 5.73. The highest BCUT2D eigenvalue weighted by atomic mass is 32.2. The van der Waals surface area contributed by atoms with Gasteiger partial charge in [0.05, 0.1) is 11.0 Å². The van der Waals surface area contributed by atoms with E-state index in [4.69, 9.17) is 0 Å². The summed E-state index contributed by atoms with van der Waals surface area (Å²) in [5.41, 5.74) is 1.09. The van der Waals surface area contributed by atoms with Crippen molar-refractivity contribution in [1.29, 1.82) is 0 Å². The Kier molecular flexibility index (Phi) is 5.97. The Bertz CT molecular complexity index is 1170. The van der Waals surface area contributed by atoms with E-state index in [0.717, 1.165) is 36.6 Å². The zero-order chi connectivity index (χ0) is 21.3. The van der Waals surface area contributed by atoms with E-state index in [1.54, 1.807) is 13.8 Å². The van der Waals surface area contributed by atoms with Crippen LogP contribution >= 0.6 is 0 Å². The van der Waals surface area contributed by atoms with E-state index >= 15 is 0 Å². The molecule has 3 aromatic rings. The van der Waals surface area contributed by atoms with Gasteiger partial charge in [0.1, 0.15) is 5.78 Å².